The number of nitrogens with zero attached hydrogens (tertiary/aromatic N) is 5. The standard InChI is InChI=1S/C24H30N6O/c1-15-22(25)17(13-26-2)12-20(23(15)31)21-6-5-16-11-19(14-27-24(16)28-21)30-9-7-18(8-10-30)29(3)4/h5-6,11-14,18,31H,7-10,25H2,1-4H3. The van der Waals surface area contributed by atoms with Gasteiger partial charge in [-0.1, -0.05) is 0 Å². The fraction of sp³-hybridized carbons (Fsp3) is 0.375. The molecule has 162 valence electrons. The van der Waals surface area contributed by atoms with Crippen LogP contribution in [-0.4, -0.2) is 66.5 Å². The maximum absolute atomic E-state index is 10.7. The van der Waals surface area contributed by atoms with E-state index in [1.165, 1.54) is 0 Å². The molecule has 2 aromatic heterocycles. The second-order valence-corrected chi connectivity index (χ2v) is 8.41. The van der Waals surface area contributed by atoms with Gasteiger partial charge in [-0.2, -0.15) is 0 Å². The van der Waals surface area contributed by atoms with Gasteiger partial charge in [-0.15, -0.1) is 0 Å². The summed E-state index contributed by atoms with van der Waals surface area (Å²) in [5.41, 5.74) is 11.1. The average molecular weight is 419 g/mol. The summed E-state index contributed by atoms with van der Waals surface area (Å²) in [5, 5.41) is 11.7. The third kappa shape index (κ3) is 4.05. The predicted octanol–water partition coefficient (Wildman–Crippen LogP) is 3.47. The highest BCUT2D eigenvalue weighted by Gasteiger charge is 2.21. The summed E-state index contributed by atoms with van der Waals surface area (Å²) in [6.07, 6.45) is 5.90. The highest BCUT2D eigenvalue weighted by atomic mass is 16.3. The molecule has 0 saturated carbocycles. The third-order valence-electron chi connectivity index (χ3n) is 6.26. The molecule has 0 atom stereocenters. The monoisotopic (exact) mass is 418 g/mol. The first-order valence-corrected chi connectivity index (χ1v) is 10.6. The molecular weight excluding hydrogens is 388 g/mol. The molecule has 1 fully saturated rings. The maximum Gasteiger partial charge on any atom is 0.159 e. The smallest absolute Gasteiger partial charge is 0.159 e. The molecule has 3 N–H and O–H groups in total. The summed E-state index contributed by atoms with van der Waals surface area (Å²) < 4.78 is 0. The molecule has 1 saturated heterocycles. The van der Waals surface area contributed by atoms with Gasteiger partial charge in [0.1, 0.15) is 5.75 Å². The van der Waals surface area contributed by atoms with E-state index in [0.717, 1.165) is 42.6 Å². The number of anilines is 2. The Morgan fingerprint density at radius 1 is 1.23 bits per heavy atom. The number of aliphatic imine (C=N–C) groups is 1. The van der Waals surface area contributed by atoms with Gasteiger partial charge in [-0.05, 0) is 58.1 Å². The van der Waals surface area contributed by atoms with Gasteiger partial charge in [0.25, 0.3) is 0 Å². The van der Waals surface area contributed by atoms with Crippen molar-refractivity contribution < 1.29 is 5.11 Å². The molecule has 0 spiro atoms. The van der Waals surface area contributed by atoms with E-state index in [-0.39, 0.29) is 5.75 Å². The summed E-state index contributed by atoms with van der Waals surface area (Å²) in [4.78, 5) is 18.1. The van der Waals surface area contributed by atoms with Crippen molar-refractivity contribution in [2.45, 2.75) is 25.8 Å². The van der Waals surface area contributed by atoms with Crippen molar-refractivity contribution in [2.24, 2.45) is 4.99 Å². The average Bonchev–Trinajstić information content (AvgIpc) is 2.79. The Hall–Kier alpha value is -3.19. The van der Waals surface area contributed by atoms with E-state index >= 15 is 0 Å². The van der Waals surface area contributed by atoms with Crippen LogP contribution in [0.25, 0.3) is 22.3 Å². The van der Waals surface area contributed by atoms with E-state index in [1.807, 2.05) is 24.4 Å². The van der Waals surface area contributed by atoms with E-state index in [2.05, 4.69) is 39.9 Å². The summed E-state index contributed by atoms with van der Waals surface area (Å²) in [6, 6.07) is 8.55. The highest BCUT2D eigenvalue weighted by molar-refractivity contribution is 5.93. The number of nitrogen functional groups attached to an aromatic ring is 1. The molecule has 1 aliphatic rings. The minimum absolute atomic E-state index is 0.137. The molecule has 7 nitrogen and oxygen atoms in total. The van der Waals surface area contributed by atoms with Crippen molar-refractivity contribution >= 4 is 28.6 Å². The number of aromatic nitrogens is 2. The van der Waals surface area contributed by atoms with Crippen molar-refractivity contribution in [1.29, 1.82) is 0 Å². The number of rotatable bonds is 4. The van der Waals surface area contributed by atoms with Crippen LogP contribution in [0, 0.1) is 6.92 Å². The minimum atomic E-state index is 0.137. The predicted molar refractivity (Wildman–Crippen MR) is 128 cm³/mol. The van der Waals surface area contributed by atoms with E-state index < -0.39 is 0 Å². The SMILES string of the molecule is CN=Cc1cc(-c2ccc3cc(N4CCC(N(C)C)CC4)cnc3n2)c(O)c(C)c1N. The number of hydrogen-bond donors (Lipinski definition) is 2. The zero-order chi connectivity index (χ0) is 22.1. The Kier molecular flexibility index (Phi) is 5.78. The second kappa shape index (κ2) is 8.51. The fourth-order valence-electron chi connectivity index (χ4n) is 4.25. The van der Waals surface area contributed by atoms with Crippen molar-refractivity contribution in [2.75, 3.05) is 44.9 Å². The van der Waals surface area contributed by atoms with Crippen LogP contribution >= 0.6 is 0 Å². The zero-order valence-corrected chi connectivity index (χ0v) is 18.6. The first-order valence-electron chi connectivity index (χ1n) is 10.6. The van der Waals surface area contributed by atoms with Crippen molar-refractivity contribution in [3.63, 3.8) is 0 Å². The maximum atomic E-state index is 10.7. The third-order valence-corrected chi connectivity index (χ3v) is 6.26. The van der Waals surface area contributed by atoms with Crippen LogP contribution in [0.15, 0.2) is 35.5 Å². The van der Waals surface area contributed by atoms with Crippen molar-refractivity contribution in [3.05, 3.63) is 41.6 Å². The summed E-state index contributed by atoms with van der Waals surface area (Å²) in [5.74, 6) is 0.137. The topological polar surface area (TPSA) is 90.9 Å². The Morgan fingerprint density at radius 3 is 2.65 bits per heavy atom. The van der Waals surface area contributed by atoms with Crippen molar-refractivity contribution in [3.8, 4) is 17.0 Å². The molecule has 0 aliphatic carbocycles. The number of phenols is 1. The molecule has 0 amide bonds. The quantitative estimate of drug-likeness (QED) is 0.498. The van der Waals surface area contributed by atoms with E-state index in [4.69, 9.17) is 10.7 Å². The zero-order valence-electron chi connectivity index (χ0n) is 18.6. The summed E-state index contributed by atoms with van der Waals surface area (Å²) >= 11 is 0. The second-order valence-electron chi connectivity index (χ2n) is 8.41. The first kappa shape index (κ1) is 21.1. The lowest BCUT2D eigenvalue weighted by molar-refractivity contribution is 0.249. The molecule has 0 unspecified atom stereocenters. The van der Waals surface area contributed by atoms with Crippen LogP contribution in [0.4, 0.5) is 11.4 Å². The molecule has 4 rings (SSSR count). The lowest BCUT2D eigenvalue weighted by atomic mass is 9.99. The molecule has 7 heteroatoms. The number of aromatic hydroxyl groups is 1. The van der Waals surface area contributed by atoms with Crippen LogP contribution in [-0.2, 0) is 0 Å². The molecule has 0 bridgehead atoms. The highest BCUT2D eigenvalue weighted by Crippen LogP contribution is 2.36. The Balaban J connectivity index is 1.65. The number of piperidine rings is 1. The van der Waals surface area contributed by atoms with Gasteiger partial charge < -0.3 is 20.6 Å². The van der Waals surface area contributed by atoms with Crippen LogP contribution < -0.4 is 10.6 Å². The lowest BCUT2D eigenvalue weighted by Crippen LogP contribution is -2.42. The molecular formula is C24H30N6O. The van der Waals surface area contributed by atoms with Gasteiger partial charge in [-0.25, -0.2) is 9.97 Å². The van der Waals surface area contributed by atoms with E-state index in [0.29, 0.717) is 34.2 Å². The molecule has 1 aliphatic heterocycles. The number of nitrogens with two attached hydrogens (primary N) is 1. The van der Waals surface area contributed by atoms with Gasteiger partial charge in [0.15, 0.2) is 5.65 Å². The van der Waals surface area contributed by atoms with Crippen LogP contribution in [0.1, 0.15) is 24.0 Å². The molecule has 31 heavy (non-hydrogen) atoms. The molecule has 1 aromatic carbocycles. The van der Waals surface area contributed by atoms with Crippen LogP contribution in [0.5, 0.6) is 5.75 Å². The lowest BCUT2D eigenvalue weighted by Gasteiger charge is -2.36. The first-order chi connectivity index (χ1) is 14.9. The van der Waals surface area contributed by atoms with Crippen molar-refractivity contribution in [1.82, 2.24) is 14.9 Å². The molecule has 3 aromatic rings. The minimum Gasteiger partial charge on any atom is -0.507 e. The van der Waals surface area contributed by atoms with Gasteiger partial charge in [0.2, 0.25) is 0 Å². The number of phenolic OH excluding ortho intramolecular Hbond substituents is 1. The Morgan fingerprint density at radius 2 is 1.97 bits per heavy atom. The Labute approximate surface area is 183 Å². The van der Waals surface area contributed by atoms with Gasteiger partial charge >= 0.3 is 0 Å². The summed E-state index contributed by atoms with van der Waals surface area (Å²) in [7, 11) is 6.00. The van der Waals surface area contributed by atoms with E-state index in [9.17, 15) is 5.11 Å². The van der Waals surface area contributed by atoms with Gasteiger partial charge in [0.05, 0.1) is 17.6 Å². The largest absolute Gasteiger partial charge is 0.507 e. The number of benzene rings is 1. The van der Waals surface area contributed by atoms with Gasteiger partial charge in [0, 0.05) is 60.2 Å². The fourth-order valence-corrected chi connectivity index (χ4v) is 4.25. The normalized spacial score (nSPS) is 15.5. The van der Waals surface area contributed by atoms with Crippen LogP contribution in [0.3, 0.4) is 0 Å². The van der Waals surface area contributed by atoms with E-state index in [1.54, 1.807) is 20.2 Å². The number of fused-ring (bicyclic) bond motifs is 1. The summed E-state index contributed by atoms with van der Waals surface area (Å²) in [6.45, 7) is 3.86. The number of pyridine rings is 2. The molecule has 3 heterocycles. The van der Waals surface area contributed by atoms with Gasteiger partial charge in [-0.3, -0.25) is 4.99 Å². The molecule has 0 radical (unpaired) electrons. The number of hydrogen-bond acceptors (Lipinski definition) is 7. The Bertz CT molecular complexity index is 1130. The van der Waals surface area contributed by atoms with Crippen LogP contribution in [0.2, 0.25) is 0 Å².